The molecule has 2 rings (SSSR count). The molecule has 2 aromatic carbocycles. The highest BCUT2D eigenvalue weighted by atomic mass is 35.5. The first-order valence-corrected chi connectivity index (χ1v) is 9.64. The molecule has 0 amide bonds. The summed E-state index contributed by atoms with van der Waals surface area (Å²) in [6.45, 7) is 4.15. The Hall–Kier alpha value is -1.53. The van der Waals surface area contributed by atoms with Gasteiger partial charge in [-0.3, -0.25) is 0 Å². The number of rotatable bonds is 11. The number of ether oxygens (including phenoxy) is 2. The zero-order valence-corrected chi connectivity index (χ0v) is 16.7. The van der Waals surface area contributed by atoms with Crippen molar-refractivity contribution in [3.8, 4) is 11.5 Å². The first-order chi connectivity index (χ1) is 13.0. The number of hydrogen-bond acceptors (Lipinski definition) is 4. The molecule has 0 unspecified atom stereocenters. The van der Waals surface area contributed by atoms with Gasteiger partial charge in [-0.25, -0.2) is 4.39 Å². The lowest BCUT2D eigenvalue weighted by Crippen LogP contribution is -2.15. The lowest BCUT2D eigenvalue weighted by molar-refractivity contribution is 0.269. The van der Waals surface area contributed by atoms with E-state index in [-0.39, 0.29) is 13.2 Å². The maximum absolute atomic E-state index is 13.2. The van der Waals surface area contributed by atoms with Gasteiger partial charge in [-0.1, -0.05) is 29.3 Å². The maximum Gasteiger partial charge on any atom is 0.180 e. The fourth-order valence-electron chi connectivity index (χ4n) is 2.51. The summed E-state index contributed by atoms with van der Waals surface area (Å²) in [4.78, 5) is 0. The van der Waals surface area contributed by atoms with Crippen molar-refractivity contribution in [3.05, 3.63) is 57.3 Å². The molecule has 0 heterocycles. The van der Waals surface area contributed by atoms with Crippen LogP contribution in [0.4, 0.5) is 4.39 Å². The minimum Gasteiger partial charge on any atom is -0.490 e. The van der Waals surface area contributed by atoms with Crippen LogP contribution < -0.4 is 14.8 Å². The zero-order chi connectivity index (χ0) is 19.6. The largest absolute Gasteiger partial charge is 0.490 e. The van der Waals surface area contributed by atoms with Crippen LogP contribution in [0.3, 0.4) is 0 Å². The van der Waals surface area contributed by atoms with E-state index in [4.69, 9.17) is 37.8 Å². The van der Waals surface area contributed by atoms with Gasteiger partial charge in [0.1, 0.15) is 12.4 Å². The molecule has 7 heteroatoms. The van der Waals surface area contributed by atoms with Crippen molar-refractivity contribution < 1.29 is 19.0 Å². The van der Waals surface area contributed by atoms with Crippen LogP contribution in [0.25, 0.3) is 0 Å². The Kier molecular flexibility index (Phi) is 9.15. The Morgan fingerprint density at radius 2 is 1.89 bits per heavy atom. The van der Waals surface area contributed by atoms with Crippen LogP contribution in [-0.4, -0.2) is 24.9 Å². The van der Waals surface area contributed by atoms with Crippen molar-refractivity contribution in [2.45, 2.75) is 32.9 Å². The van der Waals surface area contributed by atoms with Gasteiger partial charge in [0, 0.05) is 18.7 Å². The Balaban J connectivity index is 2.08. The molecule has 27 heavy (non-hydrogen) atoms. The van der Waals surface area contributed by atoms with Crippen molar-refractivity contribution in [3.63, 3.8) is 0 Å². The molecule has 0 radical (unpaired) electrons. The van der Waals surface area contributed by atoms with Crippen LogP contribution in [0.2, 0.25) is 10.0 Å². The van der Waals surface area contributed by atoms with Crippen molar-refractivity contribution >= 4 is 23.2 Å². The average molecular weight is 416 g/mol. The van der Waals surface area contributed by atoms with E-state index in [0.717, 1.165) is 24.9 Å². The van der Waals surface area contributed by atoms with Crippen molar-refractivity contribution in [1.29, 1.82) is 0 Å². The Labute approximate surface area is 169 Å². The van der Waals surface area contributed by atoms with Crippen molar-refractivity contribution in [2.24, 2.45) is 0 Å². The van der Waals surface area contributed by atoms with E-state index in [9.17, 15) is 4.39 Å². The van der Waals surface area contributed by atoms with Crippen LogP contribution in [0.1, 0.15) is 30.9 Å². The van der Waals surface area contributed by atoms with E-state index in [1.807, 2.05) is 19.1 Å². The highest BCUT2D eigenvalue weighted by molar-refractivity contribution is 6.32. The second-order valence-electron chi connectivity index (χ2n) is 5.97. The number of benzene rings is 2. The molecule has 0 saturated heterocycles. The van der Waals surface area contributed by atoms with Gasteiger partial charge < -0.3 is 19.9 Å². The predicted molar refractivity (Wildman–Crippen MR) is 106 cm³/mol. The standard InChI is InChI=1S/C20H24Cl2FNO3/c1-2-26-19-10-14(12-24-7-3-4-8-25)9-18(22)20(19)27-13-15-5-6-16(23)11-17(15)21/h5-6,9-11,24-25H,2-4,7-8,12-13H2,1H3. The number of halogens is 3. The predicted octanol–water partition coefficient (Wildman–Crippen LogP) is 4.97. The molecule has 0 aliphatic rings. The Morgan fingerprint density at radius 3 is 2.59 bits per heavy atom. The van der Waals surface area contributed by atoms with Crippen LogP contribution in [0.15, 0.2) is 30.3 Å². The van der Waals surface area contributed by atoms with Gasteiger partial charge in [0.05, 0.1) is 16.7 Å². The molecule has 2 N–H and O–H groups in total. The van der Waals surface area contributed by atoms with E-state index in [0.29, 0.717) is 40.3 Å². The molecule has 0 aromatic heterocycles. The third-order valence-electron chi connectivity index (χ3n) is 3.85. The lowest BCUT2D eigenvalue weighted by Gasteiger charge is -2.16. The van der Waals surface area contributed by atoms with Gasteiger partial charge in [0.15, 0.2) is 11.5 Å². The summed E-state index contributed by atoms with van der Waals surface area (Å²) >= 11 is 12.5. The van der Waals surface area contributed by atoms with Crippen LogP contribution in [-0.2, 0) is 13.2 Å². The molecule has 0 atom stereocenters. The lowest BCUT2D eigenvalue weighted by atomic mass is 10.2. The van der Waals surface area contributed by atoms with Gasteiger partial charge in [-0.05, 0) is 56.1 Å². The van der Waals surface area contributed by atoms with Gasteiger partial charge in [0.25, 0.3) is 0 Å². The normalized spacial score (nSPS) is 10.9. The molecule has 4 nitrogen and oxygen atoms in total. The number of aliphatic hydroxyl groups excluding tert-OH is 1. The summed E-state index contributed by atoms with van der Waals surface area (Å²) in [5.41, 5.74) is 1.63. The number of nitrogens with one attached hydrogen (secondary N) is 1. The molecule has 0 saturated carbocycles. The Morgan fingerprint density at radius 1 is 1.07 bits per heavy atom. The van der Waals surface area contributed by atoms with Gasteiger partial charge >= 0.3 is 0 Å². The second kappa shape index (κ2) is 11.3. The molecular weight excluding hydrogens is 392 g/mol. The fraction of sp³-hybridized carbons (Fsp3) is 0.400. The molecule has 2 aromatic rings. The van der Waals surface area contributed by atoms with E-state index in [2.05, 4.69) is 5.32 Å². The first-order valence-electron chi connectivity index (χ1n) is 8.88. The minimum atomic E-state index is -0.396. The van der Waals surface area contributed by atoms with Crippen molar-refractivity contribution in [2.75, 3.05) is 19.8 Å². The summed E-state index contributed by atoms with van der Waals surface area (Å²) in [7, 11) is 0. The quantitative estimate of drug-likeness (QED) is 0.508. The Bertz CT molecular complexity index is 743. The highest BCUT2D eigenvalue weighted by Gasteiger charge is 2.14. The summed E-state index contributed by atoms with van der Waals surface area (Å²) in [5.74, 6) is 0.589. The molecule has 0 aliphatic carbocycles. The number of aliphatic hydroxyl groups is 1. The van der Waals surface area contributed by atoms with Crippen LogP contribution >= 0.6 is 23.2 Å². The monoisotopic (exact) mass is 415 g/mol. The molecule has 0 aliphatic heterocycles. The first kappa shape index (κ1) is 21.8. The fourth-order valence-corrected chi connectivity index (χ4v) is 3.02. The molecule has 0 bridgehead atoms. The SMILES string of the molecule is CCOc1cc(CNCCCCO)cc(Cl)c1OCc1ccc(F)cc1Cl. The zero-order valence-electron chi connectivity index (χ0n) is 15.2. The van der Waals surface area contributed by atoms with E-state index >= 15 is 0 Å². The van der Waals surface area contributed by atoms with E-state index < -0.39 is 5.82 Å². The second-order valence-corrected chi connectivity index (χ2v) is 6.78. The smallest absolute Gasteiger partial charge is 0.180 e. The van der Waals surface area contributed by atoms with Crippen LogP contribution in [0, 0.1) is 5.82 Å². The highest BCUT2D eigenvalue weighted by Crippen LogP contribution is 2.37. The molecule has 0 spiro atoms. The van der Waals surface area contributed by atoms with Crippen molar-refractivity contribution in [1.82, 2.24) is 5.32 Å². The van der Waals surface area contributed by atoms with E-state index in [1.165, 1.54) is 12.1 Å². The number of hydrogen-bond donors (Lipinski definition) is 2. The average Bonchev–Trinajstić information content (AvgIpc) is 2.62. The van der Waals surface area contributed by atoms with Crippen LogP contribution in [0.5, 0.6) is 11.5 Å². The summed E-state index contributed by atoms with van der Waals surface area (Å²) in [5, 5.41) is 12.8. The van der Waals surface area contributed by atoms with Gasteiger partial charge in [-0.2, -0.15) is 0 Å². The molecule has 148 valence electrons. The molecule has 0 fully saturated rings. The van der Waals surface area contributed by atoms with Gasteiger partial charge in [-0.15, -0.1) is 0 Å². The third-order valence-corrected chi connectivity index (χ3v) is 4.48. The summed E-state index contributed by atoms with van der Waals surface area (Å²) < 4.78 is 24.7. The summed E-state index contributed by atoms with van der Waals surface area (Å²) in [6.07, 6.45) is 1.68. The third kappa shape index (κ3) is 6.85. The van der Waals surface area contributed by atoms with Gasteiger partial charge in [0.2, 0.25) is 0 Å². The maximum atomic E-state index is 13.2. The van der Waals surface area contributed by atoms with E-state index in [1.54, 1.807) is 6.07 Å². The summed E-state index contributed by atoms with van der Waals surface area (Å²) in [6, 6.07) is 7.87. The molecular formula is C20H24Cl2FNO3. The number of unbranched alkanes of at least 4 members (excludes halogenated alkanes) is 1. The topological polar surface area (TPSA) is 50.7 Å². The minimum absolute atomic E-state index is 0.150.